The highest BCUT2D eigenvalue weighted by molar-refractivity contribution is 6.33. The zero-order valence-electron chi connectivity index (χ0n) is 24.8. The summed E-state index contributed by atoms with van der Waals surface area (Å²) >= 11 is 6.92. The van der Waals surface area contributed by atoms with Gasteiger partial charge >= 0.3 is 6.01 Å². The Balaban J connectivity index is 1.21. The van der Waals surface area contributed by atoms with Gasteiger partial charge in [-0.25, -0.2) is 8.78 Å². The minimum absolute atomic E-state index is 0.0690. The lowest BCUT2D eigenvalue weighted by atomic mass is 9.94. The molecule has 8 heterocycles. The lowest BCUT2D eigenvalue weighted by Gasteiger charge is -2.34. The van der Waals surface area contributed by atoms with Gasteiger partial charge in [-0.2, -0.15) is 15.1 Å². The van der Waals surface area contributed by atoms with Gasteiger partial charge in [0.15, 0.2) is 5.82 Å². The smallest absolute Gasteiger partial charge is 0.319 e. The van der Waals surface area contributed by atoms with Crippen LogP contribution >= 0.6 is 11.6 Å². The van der Waals surface area contributed by atoms with Gasteiger partial charge in [0.2, 0.25) is 0 Å². The largest absolute Gasteiger partial charge is 0.461 e. The molecule has 1 saturated carbocycles. The van der Waals surface area contributed by atoms with Crippen LogP contribution in [0, 0.1) is 11.7 Å². The van der Waals surface area contributed by atoms with Crippen molar-refractivity contribution in [1.82, 2.24) is 30.0 Å². The number of aromatic amines is 1. The molecule has 45 heavy (non-hydrogen) atoms. The minimum atomic E-state index is -0.884. The molecule has 1 N–H and O–H groups in total. The zero-order chi connectivity index (χ0) is 30.3. The number of hydrogen-bond acceptors (Lipinski definition) is 9. The molecule has 4 fully saturated rings. The van der Waals surface area contributed by atoms with Crippen LogP contribution in [0.3, 0.4) is 0 Å². The van der Waals surface area contributed by atoms with E-state index in [1.54, 1.807) is 12.4 Å². The second-order valence-corrected chi connectivity index (χ2v) is 13.7. The van der Waals surface area contributed by atoms with Crippen LogP contribution in [0.25, 0.3) is 33.1 Å². The van der Waals surface area contributed by atoms with Gasteiger partial charge in [0.05, 0.1) is 42.0 Å². The Kier molecular flexibility index (Phi) is 6.66. The lowest BCUT2D eigenvalue weighted by Crippen LogP contribution is -2.45. The molecule has 13 heteroatoms. The fraction of sp³-hybridized carbons (Fsp3) is 0.562. The van der Waals surface area contributed by atoms with E-state index >= 15 is 4.39 Å². The number of H-pyrrole nitrogens is 1. The number of ether oxygens (including phenoxy) is 3. The number of hydrogen-bond donors (Lipinski definition) is 1. The summed E-state index contributed by atoms with van der Waals surface area (Å²) in [7, 11) is 0. The number of pyridine rings is 1. The Hall–Kier alpha value is -3.19. The first-order chi connectivity index (χ1) is 22.0. The van der Waals surface area contributed by atoms with E-state index in [-0.39, 0.29) is 35.8 Å². The number of aromatic nitrogens is 5. The standard InChI is InChI=1S/C32H34ClF2N7O3/c33-23-9-24-21(12-37-40-24)26-25(23)20-8-17(20)2-6-43-15-19-14-41(5-7-44-19)30-22-11-36-29(26)27(35)28(22)38-31(39-30)45-16-32-3-1-4-42(32)13-18(34)10-32/h9,11-12,17-20H,1-8,10,13-16H2,(H,37,40)/t17-,18+,19+,20+,32-/m0/s1. The zero-order valence-corrected chi connectivity index (χ0v) is 25.5. The van der Waals surface area contributed by atoms with Crippen molar-refractivity contribution in [3.63, 3.8) is 0 Å². The minimum Gasteiger partial charge on any atom is -0.461 e. The molecule has 6 aliphatic rings. The van der Waals surface area contributed by atoms with Gasteiger partial charge in [-0.05, 0) is 55.7 Å². The van der Waals surface area contributed by atoms with Crippen LogP contribution in [0.15, 0.2) is 18.5 Å². The van der Waals surface area contributed by atoms with E-state index in [0.29, 0.717) is 79.1 Å². The van der Waals surface area contributed by atoms with Crippen LogP contribution in [0.5, 0.6) is 6.01 Å². The number of nitrogens with one attached hydrogen (secondary N) is 1. The molecule has 6 bridgehead atoms. The summed E-state index contributed by atoms with van der Waals surface area (Å²) in [5, 5.41) is 9.04. The van der Waals surface area contributed by atoms with E-state index in [9.17, 15) is 4.39 Å². The Morgan fingerprint density at radius 1 is 1.16 bits per heavy atom. The second kappa shape index (κ2) is 10.7. The average Bonchev–Trinajstić information content (AvgIpc) is 3.28. The molecule has 3 saturated heterocycles. The van der Waals surface area contributed by atoms with Crippen molar-refractivity contribution in [3.05, 3.63) is 34.9 Å². The molecule has 236 valence electrons. The monoisotopic (exact) mass is 637 g/mol. The van der Waals surface area contributed by atoms with Crippen molar-refractivity contribution >= 4 is 39.2 Å². The van der Waals surface area contributed by atoms with Gasteiger partial charge in [-0.15, -0.1) is 0 Å². The highest BCUT2D eigenvalue weighted by Crippen LogP contribution is 2.56. The Morgan fingerprint density at radius 2 is 2.09 bits per heavy atom. The van der Waals surface area contributed by atoms with Gasteiger partial charge in [0, 0.05) is 54.8 Å². The van der Waals surface area contributed by atoms with Crippen molar-refractivity contribution in [3.8, 4) is 17.3 Å². The number of anilines is 1. The predicted octanol–water partition coefficient (Wildman–Crippen LogP) is 5.04. The first-order valence-electron chi connectivity index (χ1n) is 16.0. The molecule has 0 unspecified atom stereocenters. The van der Waals surface area contributed by atoms with Crippen molar-refractivity contribution in [2.45, 2.75) is 55.8 Å². The molecule has 3 aromatic heterocycles. The van der Waals surface area contributed by atoms with Crippen molar-refractivity contribution in [2.75, 3.05) is 57.5 Å². The highest BCUT2D eigenvalue weighted by Gasteiger charge is 2.49. The molecule has 10 nitrogen and oxygen atoms in total. The third-order valence-electron chi connectivity index (χ3n) is 10.5. The van der Waals surface area contributed by atoms with E-state index in [1.165, 1.54) is 0 Å². The molecule has 1 aliphatic carbocycles. The molecular weight excluding hydrogens is 604 g/mol. The number of nitrogens with zero attached hydrogens (tertiary/aromatic N) is 6. The Bertz CT molecular complexity index is 1810. The Morgan fingerprint density at radius 3 is 3.02 bits per heavy atom. The SMILES string of the molecule is Fc1c2ncc3c(nc(OC[C@@]45CCCN4C[C@H](F)C5)nc13)N1CCO[C@@H](COCC[C@H]3C[C@H]3c3c(Cl)cc4[nH]ncc4c3-2)C1. The molecule has 5 atom stereocenters. The number of halogens is 3. The van der Waals surface area contributed by atoms with E-state index in [1.807, 2.05) is 6.07 Å². The number of alkyl halides is 1. The molecule has 1 aromatic carbocycles. The van der Waals surface area contributed by atoms with Crippen LogP contribution in [-0.2, 0) is 9.47 Å². The van der Waals surface area contributed by atoms with E-state index < -0.39 is 17.5 Å². The topological polar surface area (TPSA) is 102 Å². The molecule has 0 radical (unpaired) electrons. The summed E-state index contributed by atoms with van der Waals surface area (Å²) in [6.07, 6.45) is 6.38. The summed E-state index contributed by atoms with van der Waals surface area (Å²) in [6.45, 7) is 4.13. The van der Waals surface area contributed by atoms with Gasteiger partial charge in [-0.1, -0.05) is 11.6 Å². The number of benzene rings is 1. The predicted molar refractivity (Wildman–Crippen MR) is 164 cm³/mol. The maximum absolute atomic E-state index is 17.0. The molecule has 0 amide bonds. The number of fused-ring (bicyclic) bond motifs is 6. The number of rotatable bonds is 3. The maximum Gasteiger partial charge on any atom is 0.319 e. The molecule has 0 spiro atoms. The van der Waals surface area contributed by atoms with Crippen molar-refractivity contribution in [2.24, 2.45) is 5.92 Å². The summed E-state index contributed by atoms with van der Waals surface area (Å²) < 4.78 is 50.0. The van der Waals surface area contributed by atoms with Gasteiger partial charge < -0.3 is 19.1 Å². The van der Waals surface area contributed by atoms with Crippen LogP contribution < -0.4 is 9.64 Å². The quantitative estimate of drug-likeness (QED) is 0.331. The third kappa shape index (κ3) is 4.66. The highest BCUT2D eigenvalue weighted by atomic mass is 35.5. The van der Waals surface area contributed by atoms with Crippen LogP contribution in [0.4, 0.5) is 14.6 Å². The van der Waals surface area contributed by atoms with E-state index in [2.05, 4.69) is 25.0 Å². The van der Waals surface area contributed by atoms with Crippen molar-refractivity contribution < 1.29 is 23.0 Å². The maximum atomic E-state index is 17.0. The van der Waals surface area contributed by atoms with Gasteiger partial charge in [-0.3, -0.25) is 15.0 Å². The van der Waals surface area contributed by atoms with Crippen LogP contribution in [-0.4, -0.2) is 100 Å². The molecule has 4 aromatic rings. The molecule has 5 aliphatic heterocycles. The fourth-order valence-electron chi connectivity index (χ4n) is 8.22. The lowest BCUT2D eigenvalue weighted by molar-refractivity contribution is -0.0248. The van der Waals surface area contributed by atoms with E-state index in [4.69, 9.17) is 35.8 Å². The Labute approximate surface area is 263 Å². The third-order valence-corrected chi connectivity index (χ3v) is 10.8. The van der Waals surface area contributed by atoms with Crippen LogP contribution in [0.1, 0.15) is 43.6 Å². The molecular formula is C32H34ClF2N7O3. The first-order valence-corrected chi connectivity index (χ1v) is 16.3. The number of morpholine rings is 1. The first kappa shape index (κ1) is 28.1. The van der Waals surface area contributed by atoms with Gasteiger partial charge in [0.25, 0.3) is 0 Å². The normalized spacial score (nSPS) is 29.8. The summed E-state index contributed by atoms with van der Waals surface area (Å²) in [5.41, 5.74) is 2.14. The van der Waals surface area contributed by atoms with E-state index in [0.717, 1.165) is 43.2 Å². The molecule has 10 rings (SSSR count). The second-order valence-electron chi connectivity index (χ2n) is 13.3. The van der Waals surface area contributed by atoms with Crippen molar-refractivity contribution in [1.29, 1.82) is 0 Å². The van der Waals surface area contributed by atoms with Crippen LogP contribution in [0.2, 0.25) is 5.02 Å². The summed E-state index contributed by atoms with van der Waals surface area (Å²) in [6, 6.07) is 1.93. The summed E-state index contributed by atoms with van der Waals surface area (Å²) in [4.78, 5) is 18.5. The van der Waals surface area contributed by atoms with Gasteiger partial charge in [0.1, 0.15) is 29.8 Å². The summed E-state index contributed by atoms with van der Waals surface area (Å²) in [5.74, 6) is 0.496. The fourth-order valence-corrected chi connectivity index (χ4v) is 8.57. The average molecular weight is 638 g/mol.